The molecule has 0 bridgehead atoms. The average molecular weight is 408 g/mol. The molecule has 1 aromatic carbocycles. The Morgan fingerprint density at radius 1 is 1.24 bits per heavy atom. The van der Waals surface area contributed by atoms with E-state index in [1.807, 2.05) is 29.6 Å². The normalized spacial score (nSPS) is 20.2. The second-order valence-electron chi connectivity index (χ2n) is 7.22. The van der Waals surface area contributed by atoms with Gasteiger partial charge in [0.05, 0.1) is 27.5 Å². The lowest BCUT2D eigenvalue weighted by molar-refractivity contribution is 0.149. The minimum atomic E-state index is -0.954. The van der Waals surface area contributed by atoms with E-state index < -0.39 is 6.23 Å². The van der Waals surface area contributed by atoms with Crippen LogP contribution in [0.4, 0.5) is 5.69 Å². The Balaban J connectivity index is 1.49. The standard InChI is InChI=1S/C21H20N4O3S/c26-13-3-4-14(7-13)28-18-8-16-12(2-1-5-23-16)6-17(18)25-21(27)15-10-29-19-9-22-11-24-20(15)19/h1-2,5-6,8-11,13-14,21,25-27H,3-4,7H2/t13-,14+,21?/m0/s1. The Kier molecular flexibility index (Phi) is 4.75. The van der Waals surface area contributed by atoms with Gasteiger partial charge >= 0.3 is 0 Å². The van der Waals surface area contributed by atoms with Crippen molar-refractivity contribution >= 4 is 38.1 Å². The van der Waals surface area contributed by atoms with Gasteiger partial charge in [0, 0.05) is 41.2 Å². The van der Waals surface area contributed by atoms with Gasteiger partial charge in [0.2, 0.25) is 0 Å². The lowest BCUT2D eigenvalue weighted by Gasteiger charge is -2.20. The second kappa shape index (κ2) is 7.55. The van der Waals surface area contributed by atoms with Crippen LogP contribution in [0.1, 0.15) is 31.1 Å². The van der Waals surface area contributed by atoms with Crippen molar-refractivity contribution in [2.24, 2.45) is 0 Å². The number of anilines is 1. The monoisotopic (exact) mass is 408 g/mol. The Hall–Kier alpha value is -2.81. The Labute approximate surface area is 171 Å². The molecule has 0 radical (unpaired) electrons. The van der Waals surface area contributed by atoms with Gasteiger partial charge in [-0.05, 0) is 25.0 Å². The smallest absolute Gasteiger partial charge is 0.153 e. The zero-order valence-corrected chi connectivity index (χ0v) is 16.3. The number of fused-ring (bicyclic) bond motifs is 2. The summed E-state index contributed by atoms with van der Waals surface area (Å²) in [4.78, 5) is 12.7. The molecule has 1 aliphatic carbocycles. The number of nitrogens with one attached hydrogen (secondary N) is 1. The van der Waals surface area contributed by atoms with Crippen molar-refractivity contribution in [2.75, 3.05) is 5.32 Å². The molecule has 1 unspecified atom stereocenters. The van der Waals surface area contributed by atoms with Gasteiger partial charge in [-0.1, -0.05) is 6.07 Å². The summed E-state index contributed by atoms with van der Waals surface area (Å²) in [5.41, 5.74) is 2.91. The molecular formula is C21H20N4O3S. The van der Waals surface area contributed by atoms with Gasteiger partial charge in [0.1, 0.15) is 18.2 Å². The molecule has 1 saturated carbocycles. The summed E-state index contributed by atoms with van der Waals surface area (Å²) >= 11 is 1.49. The van der Waals surface area contributed by atoms with Gasteiger partial charge in [0.25, 0.3) is 0 Å². The maximum absolute atomic E-state index is 10.9. The lowest BCUT2D eigenvalue weighted by Crippen LogP contribution is -2.16. The molecule has 0 aliphatic heterocycles. The van der Waals surface area contributed by atoms with Gasteiger partial charge in [-0.15, -0.1) is 11.3 Å². The molecule has 3 atom stereocenters. The van der Waals surface area contributed by atoms with E-state index >= 15 is 0 Å². The summed E-state index contributed by atoms with van der Waals surface area (Å²) in [6.07, 6.45) is 5.77. The first kappa shape index (κ1) is 18.2. The fraction of sp³-hybridized carbons (Fsp3) is 0.286. The third-order valence-electron chi connectivity index (χ3n) is 5.21. The minimum Gasteiger partial charge on any atom is -0.488 e. The molecule has 5 rings (SSSR count). The number of hydrogen-bond donors (Lipinski definition) is 3. The predicted molar refractivity (Wildman–Crippen MR) is 112 cm³/mol. The summed E-state index contributed by atoms with van der Waals surface area (Å²) in [7, 11) is 0. The van der Waals surface area contributed by atoms with Crippen LogP contribution in [-0.4, -0.2) is 37.4 Å². The highest BCUT2D eigenvalue weighted by molar-refractivity contribution is 7.17. The SMILES string of the molecule is OC(Nc1cc2cccnc2cc1O[C@@H]1CC[C@H](O)C1)c1csc2cncnc12. The molecule has 3 N–H and O–H groups in total. The fourth-order valence-electron chi connectivity index (χ4n) is 3.74. The highest BCUT2D eigenvalue weighted by Crippen LogP contribution is 2.36. The number of thiophene rings is 1. The largest absolute Gasteiger partial charge is 0.488 e. The van der Waals surface area contributed by atoms with Crippen LogP contribution in [0.15, 0.2) is 48.4 Å². The van der Waals surface area contributed by atoms with E-state index in [0.717, 1.165) is 34.0 Å². The van der Waals surface area contributed by atoms with E-state index in [-0.39, 0.29) is 12.2 Å². The van der Waals surface area contributed by atoms with Crippen LogP contribution >= 0.6 is 11.3 Å². The predicted octanol–water partition coefficient (Wildman–Crippen LogP) is 3.63. The number of hydrogen-bond acceptors (Lipinski definition) is 8. The Morgan fingerprint density at radius 3 is 3.03 bits per heavy atom. The topological polar surface area (TPSA) is 100 Å². The van der Waals surface area contributed by atoms with Gasteiger partial charge < -0.3 is 20.3 Å². The number of ether oxygens (including phenoxy) is 1. The third-order valence-corrected chi connectivity index (χ3v) is 6.13. The minimum absolute atomic E-state index is 0.0569. The Bertz CT molecular complexity index is 1170. The molecule has 4 aromatic rings. The van der Waals surface area contributed by atoms with Gasteiger partial charge in [-0.2, -0.15) is 0 Å². The van der Waals surface area contributed by atoms with E-state index in [4.69, 9.17) is 4.74 Å². The van der Waals surface area contributed by atoms with Crippen LogP contribution < -0.4 is 10.1 Å². The molecule has 1 fully saturated rings. The maximum Gasteiger partial charge on any atom is 0.153 e. The van der Waals surface area contributed by atoms with Crippen LogP contribution in [0.5, 0.6) is 5.75 Å². The summed E-state index contributed by atoms with van der Waals surface area (Å²) in [5, 5.41) is 26.7. The number of pyridine rings is 1. The van der Waals surface area contributed by atoms with Crippen LogP contribution in [-0.2, 0) is 0 Å². The first-order valence-corrected chi connectivity index (χ1v) is 10.4. The zero-order chi connectivity index (χ0) is 19.8. The van der Waals surface area contributed by atoms with Gasteiger partial charge in [-0.3, -0.25) is 4.98 Å². The number of rotatable bonds is 5. The lowest BCUT2D eigenvalue weighted by atomic mass is 10.1. The first-order valence-electron chi connectivity index (χ1n) is 9.52. The molecule has 1 aliphatic rings. The summed E-state index contributed by atoms with van der Waals surface area (Å²) in [6, 6.07) is 7.65. The van der Waals surface area contributed by atoms with Crippen molar-refractivity contribution in [3.8, 4) is 5.75 Å². The number of aliphatic hydroxyl groups excluding tert-OH is 2. The number of aliphatic hydroxyl groups is 2. The van der Waals surface area contributed by atoms with Crippen molar-refractivity contribution in [1.29, 1.82) is 0 Å². The van der Waals surface area contributed by atoms with E-state index in [2.05, 4.69) is 20.3 Å². The van der Waals surface area contributed by atoms with Gasteiger partial charge in [0.15, 0.2) is 6.23 Å². The van der Waals surface area contributed by atoms with Crippen molar-refractivity contribution in [1.82, 2.24) is 15.0 Å². The number of nitrogens with zero attached hydrogens (tertiary/aromatic N) is 3. The second-order valence-corrected chi connectivity index (χ2v) is 8.14. The highest BCUT2D eigenvalue weighted by Gasteiger charge is 2.26. The molecule has 0 saturated heterocycles. The van der Waals surface area contributed by atoms with E-state index in [1.165, 1.54) is 17.7 Å². The average Bonchev–Trinajstić information content (AvgIpc) is 3.34. The summed E-state index contributed by atoms with van der Waals surface area (Å²) in [6.45, 7) is 0. The first-order chi connectivity index (χ1) is 14.2. The molecule has 3 heterocycles. The molecule has 0 amide bonds. The molecular weight excluding hydrogens is 388 g/mol. The number of aromatic nitrogens is 3. The maximum atomic E-state index is 10.9. The fourth-order valence-corrected chi connectivity index (χ4v) is 4.64. The van der Waals surface area contributed by atoms with Crippen LogP contribution in [0.3, 0.4) is 0 Å². The zero-order valence-electron chi connectivity index (χ0n) is 15.5. The number of benzene rings is 1. The van der Waals surface area contributed by atoms with E-state index in [9.17, 15) is 10.2 Å². The Morgan fingerprint density at radius 2 is 2.17 bits per heavy atom. The van der Waals surface area contributed by atoms with Crippen molar-refractivity contribution < 1.29 is 14.9 Å². The van der Waals surface area contributed by atoms with Crippen LogP contribution in [0.2, 0.25) is 0 Å². The molecule has 148 valence electrons. The quantitative estimate of drug-likeness (QED) is 0.434. The molecule has 0 spiro atoms. The molecule has 7 nitrogen and oxygen atoms in total. The van der Waals surface area contributed by atoms with Crippen molar-refractivity contribution in [3.05, 3.63) is 53.9 Å². The molecule has 8 heteroatoms. The highest BCUT2D eigenvalue weighted by atomic mass is 32.1. The van der Waals surface area contributed by atoms with Crippen molar-refractivity contribution in [3.63, 3.8) is 0 Å². The summed E-state index contributed by atoms with van der Waals surface area (Å²) < 4.78 is 7.11. The van der Waals surface area contributed by atoms with Crippen molar-refractivity contribution in [2.45, 2.75) is 37.7 Å². The van der Waals surface area contributed by atoms with Crippen LogP contribution in [0.25, 0.3) is 21.1 Å². The summed E-state index contributed by atoms with van der Waals surface area (Å²) in [5.74, 6) is 0.614. The molecule has 3 aromatic heterocycles. The van der Waals surface area contributed by atoms with E-state index in [0.29, 0.717) is 23.4 Å². The van der Waals surface area contributed by atoms with Gasteiger partial charge in [-0.25, -0.2) is 9.97 Å². The third kappa shape index (κ3) is 3.62. The van der Waals surface area contributed by atoms with E-state index in [1.54, 1.807) is 12.4 Å². The molecule has 29 heavy (non-hydrogen) atoms. The van der Waals surface area contributed by atoms with Crippen LogP contribution in [0, 0.1) is 0 Å².